The van der Waals surface area contributed by atoms with Crippen LogP contribution in [0.3, 0.4) is 0 Å². The van der Waals surface area contributed by atoms with Crippen molar-refractivity contribution in [1.82, 2.24) is 9.80 Å². The van der Waals surface area contributed by atoms with E-state index < -0.39 is 0 Å². The van der Waals surface area contributed by atoms with E-state index in [0.717, 1.165) is 43.6 Å². The van der Waals surface area contributed by atoms with Gasteiger partial charge < -0.3 is 10.6 Å². The summed E-state index contributed by atoms with van der Waals surface area (Å²) in [5, 5.41) is 0. The first-order chi connectivity index (χ1) is 9.63. The van der Waals surface area contributed by atoms with Crippen LogP contribution in [0.5, 0.6) is 0 Å². The largest absolute Gasteiger partial charge is 0.326 e. The molecular weight excluding hydrogens is 253 g/mol. The lowest BCUT2D eigenvalue weighted by atomic mass is 10.1. The Kier molecular flexibility index (Phi) is 5.52. The van der Waals surface area contributed by atoms with Crippen LogP contribution in [-0.4, -0.2) is 42.5 Å². The third-order valence-electron chi connectivity index (χ3n) is 4.21. The van der Waals surface area contributed by atoms with Crippen LogP contribution in [0.1, 0.15) is 30.9 Å². The summed E-state index contributed by atoms with van der Waals surface area (Å²) in [7, 11) is 2.17. The molecule has 0 radical (unpaired) electrons. The summed E-state index contributed by atoms with van der Waals surface area (Å²) in [5.41, 5.74) is 7.43. The quantitative estimate of drug-likeness (QED) is 0.917. The summed E-state index contributed by atoms with van der Waals surface area (Å²) in [6, 6.07) is 5.73. The molecule has 112 valence electrons. The topological polar surface area (TPSA) is 32.5 Å². The highest BCUT2D eigenvalue weighted by molar-refractivity contribution is 5.25. The predicted octanol–water partition coefficient (Wildman–Crippen LogP) is 2.20. The molecule has 1 aromatic carbocycles. The molecule has 1 aromatic rings. The van der Waals surface area contributed by atoms with Crippen molar-refractivity contribution in [1.29, 1.82) is 0 Å². The first-order valence-corrected chi connectivity index (χ1v) is 7.54. The fourth-order valence-electron chi connectivity index (χ4n) is 2.98. The zero-order valence-corrected chi connectivity index (χ0v) is 12.6. The molecular formula is C16H26FN3. The second-order valence-electron chi connectivity index (χ2n) is 5.78. The number of nitrogens with two attached hydrogens (primary N) is 1. The van der Waals surface area contributed by atoms with Gasteiger partial charge in [-0.1, -0.05) is 19.1 Å². The number of hydrogen-bond acceptors (Lipinski definition) is 3. The van der Waals surface area contributed by atoms with Gasteiger partial charge in [-0.05, 0) is 38.1 Å². The van der Waals surface area contributed by atoms with Crippen molar-refractivity contribution in [3.63, 3.8) is 0 Å². The Morgan fingerprint density at radius 1 is 1.35 bits per heavy atom. The van der Waals surface area contributed by atoms with Gasteiger partial charge in [0.2, 0.25) is 0 Å². The molecule has 0 spiro atoms. The van der Waals surface area contributed by atoms with Crippen LogP contribution in [0, 0.1) is 5.82 Å². The number of hydrogen-bond donors (Lipinski definition) is 1. The molecule has 0 aliphatic carbocycles. The summed E-state index contributed by atoms with van der Waals surface area (Å²) in [6.07, 6.45) is 2.24. The molecule has 1 fully saturated rings. The van der Waals surface area contributed by atoms with Gasteiger partial charge in [-0.15, -0.1) is 0 Å². The molecule has 0 saturated carbocycles. The van der Waals surface area contributed by atoms with Crippen molar-refractivity contribution >= 4 is 0 Å². The van der Waals surface area contributed by atoms with Crippen LogP contribution in [0.4, 0.5) is 4.39 Å². The first-order valence-electron chi connectivity index (χ1n) is 7.54. The van der Waals surface area contributed by atoms with Crippen LogP contribution in [-0.2, 0) is 13.1 Å². The van der Waals surface area contributed by atoms with Crippen LogP contribution >= 0.6 is 0 Å². The Morgan fingerprint density at radius 2 is 2.15 bits per heavy atom. The zero-order valence-electron chi connectivity index (χ0n) is 12.6. The van der Waals surface area contributed by atoms with Crippen molar-refractivity contribution in [2.24, 2.45) is 5.73 Å². The minimum absolute atomic E-state index is 0.116. The zero-order chi connectivity index (χ0) is 14.5. The van der Waals surface area contributed by atoms with Crippen LogP contribution < -0.4 is 5.73 Å². The molecule has 1 aliphatic heterocycles. The van der Waals surface area contributed by atoms with E-state index in [0.29, 0.717) is 19.1 Å². The van der Waals surface area contributed by atoms with Gasteiger partial charge in [0.1, 0.15) is 5.82 Å². The van der Waals surface area contributed by atoms with E-state index in [2.05, 4.69) is 23.8 Å². The van der Waals surface area contributed by atoms with E-state index >= 15 is 0 Å². The van der Waals surface area contributed by atoms with Crippen LogP contribution in [0.2, 0.25) is 0 Å². The molecule has 3 nitrogen and oxygen atoms in total. The van der Waals surface area contributed by atoms with Gasteiger partial charge in [-0.2, -0.15) is 0 Å². The fraction of sp³-hybridized carbons (Fsp3) is 0.625. The molecule has 1 saturated heterocycles. The van der Waals surface area contributed by atoms with Gasteiger partial charge in [0.25, 0.3) is 0 Å². The lowest BCUT2D eigenvalue weighted by Gasteiger charge is -2.30. The molecule has 1 unspecified atom stereocenters. The monoisotopic (exact) mass is 279 g/mol. The highest BCUT2D eigenvalue weighted by Crippen LogP contribution is 2.18. The molecule has 1 atom stereocenters. The molecule has 1 aliphatic rings. The van der Waals surface area contributed by atoms with Crippen LogP contribution in [0.15, 0.2) is 18.2 Å². The van der Waals surface area contributed by atoms with E-state index in [1.807, 2.05) is 6.07 Å². The van der Waals surface area contributed by atoms with Gasteiger partial charge in [0.05, 0.1) is 0 Å². The van der Waals surface area contributed by atoms with Gasteiger partial charge in [0, 0.05) is 37.8 Å². The van der Waals surface area contributed by atoms with Gasteiger partial charge in [-0.3, -0.25) is 4.90 Å². The van der Waals surface area contributed by atoms with Crippen molar-refractivity contribution in [3.8, 4) is 0 Å². The lowest BCUT2D eigenvalue weighted by Crippen LogP contribution is -2.39. The third-order valence-corrected chi connectivity index (χ3v) is 4.21. The second-order valence-corrected chi connectivity index (χ2v) is 5.78. The predicted molar refractivity (Wildman–Crippen MR) is 80.9 cm³/mol. The summed E-state index contributed by atoms with van der Waals surface area (Å²) < 4.78 is 14.0. The first kappa shape index (κ1) is 15.4. The van der Waals surface area contributed by atoms with E-state index in [1.54, 1.807) is 12.1 Å². The summed E-state index contributed by atoms with van der Waals surface area (Å²) in [6.45, 7) is 6.59. The highest BCUT2D eigenvalue weighted by atomic mass is 19.1. The minimum Gasteiger partial charge on any atom is -0.326 e. The van der Waals surface area contributed by atoms with Gasteiger partial charge >= 0.3 is 0 Å². The molecule has 2 N–H and O–H groups in total. The summed E-state index contributed by atoms with van der Waals surface area (Å²) in [4.78, 5) is 4.79. The SMILES string of the molecule is CCC1CN(C)CCCN1Cc1cc(CN)ccc1F. The van der Waals surface area contributed by atoms with Gasteiger partial charge in [-0.25, -0.2) is 4.39 Å². The lowest BCUT2D eigenvalue weighted by molar-refractivity contribution is 0.174. The summed E-state index contributed by atoms with van der Waals surface area (Å²) >= 11 is 0. The second kappa shape index (κ2) is 7.16. The maximum absolute atomic E-state index is 14.0. The maximum Gasteiger partial charge on any atom is 0.127 e. The Bertz CT molecular complexity index is 436. The average molecular weight is 279 g/mol. The Hall–Kier alpha value is -0.970. The molecule has 0 bridgehead atoms. The van der Waals surface area contributed by atoms with Gasteiger partial charge in [0.15, 0.2) is 0 Å². The van der Waals surface area contributed by atoms with E-state index in [4.69, 9.17) is 5.73 Å². The molecule has 2 rings (SSSR count). The van der Waals surface area contributed by atoms with Crippen molar-refractivity contribution in [2.75, 3.05) is 26.7 Å². The van der Waals surface area contributed by atoms with Crippen LogP contribution in [0.25, 0.3) is 0 Å². The Morgan fingerprint density at radius 3 is 2.85 bits per heavy atom. The Balaban J connectivity index is 2.14. The molecule has 0 aromatic heterocycles. The minimum atomic E-state index is -0.116. The maximum atomic E-state index is 14.0. The average Bonchev–Trinajstić information content (AvgIpc) is 2.62. The standard InChI is InChI=1S/C16H26FN3/c1-3-15-12-19(2)7-4-8-20(15)11-14-9-13(10-18)5-6-16(14)17/h5-6,9,15H,3-4,7-8,10-12,18H2,1-2H3. The molecule has 4 heteroatoms. The highest BCUT2D eigenvalue weighted by Gasteiger charge is 2.22. The smallest absolute Gasteiger partial charge is 0.127 e. The number of nitrogens with zero attached hydrogens (tertiary/aromatic N) is 2. The van der Waals surface area contributed by atoms with E-state index in [9.17, 15) is 4.39 Å². The molecule has 1 heterocycles. The number of benzene rings is 1. The number of likely N-dealkylation sites (N-methyl/N-ethyl adjacent to an activating group) is 1. The number of halogens is 1. The Labute approximate surface area is 121 Å². The van der Waals surface area contributed by atoms with E-state index in [1.165, 1.54) is 0 Å². The van der Waals surface area contributed by atoms with Crippen molar-refractivity contribution in [2.45, 2.75) is 38.9 Å². The van der Waals surface area contributed by atoms with E-state index in [-0.39, 0.29) is 5.82 Å². The van der Waals surface area contributed by atoms with Crippen molar-refractivity contribution in [3.05, 3.63) is 35.1 Å². The molecule has 0 amide bonds. The third kappa shape index (κ3) is 3.78. The summed E-state index contributed by atoms with van der Waals surface area (Å²) in [5.74, 6) is -0.116. The fourth-order valence-corrected chi connectivity index (χ4v) is 2.98. The molecule has 20 heavy (non-hydrogen) atoms. The van der Waals surface area contributed by atoms with Crippen molar-refractivity contribution < 1.29 is 4.39 Å². The number of rotatable bonds is 4. The normalized spacial score (nSPS) is 21.9.